The number of halogens is 1. The monoisotopic (exact) mass is 377 g/mol. The minimum Gasteiger partial charge on any atom is -0.497 e. The molecule has 23 heavy (non-hydrogen) atoms. The first-order valence-corrected chi connectivity index (χ1v) is 8.08. The van der Waals surface area contributed by atoms with E-state index >= 15 is 0 Å². The van der Waals surface area contributed by atoms with Crippen molar-refractivity contribution in [2.75, 3.05) is 14.2 Å². The molecule has 4 nitrogen and oxygen atoms in total. The molecule has 0 aliphatic heterocycles. The van der Waals surface area contributed by atoms with E-state index in [-0.39, 0.29) is 11.9 Å². The number of nitrogens with one attached hydrogen (secondary N) is 1. The van der Waals surface area contributed by atoms with Crippen LogP contribution >= 0.6 is 15.9 Å². The molecule has 1 amide bonds. The van der Waals surface area contributed by atoms with Crippen molar-refractivity contribution in [3.05, 3.63) is 58.1 Å². The average molecular weight is 378 g/mol. The van der Waals surface area contributed by atoms with Gasteiger partial charge in [-0.2, -0.15) is 0 Å². The van der Waals surface area contributed by atoms with Crippen LogP contribution in [-0.4, -0.2) is 20.1 Å². The van der Waals surface area contributed by atoms with Gasteiger partial charge in [0.1, 0.15) is 11.5 Å². The number of carbonyl (C=O) groups excluding carboxylic acids is 1. The van der Waals surface area contributed by atoms with Crippen LogP contribution in [0.2, 0.25) is 0 Å². The van der Waals surface area contributed by atoms with Gasteiger partial charge in [0.15, 0.2) is 0 Å². The van der Waals surface area contributed by atoms with E-state index in [4.69, 9.17) is 9.47 Å². The maximum Gasteiger partial charge on any atom is 0.224 e. The summed E-state index contributed by atoms with van der Waals surface area (Å²) < 4.78 is 11.6. The Hall–Kier alpha value is -2.01. The molecule has 2 aromatic rings. The Morgan fingerprint density at radius 3 is 2.43 bits per heavy atom. The van der Waals surface area contributed by atoms with E-state index < -0.39 is 0 Å². The van der Waals surface area contributed by atoms with Crippen molar-refractivity contribution in [2.24, 2.45) is 0 Å². The predicted octanol–water partition coefficient (Wildman–Crippen LogP) is 3.89. The number of rotatable bonds is 6. The van der Waals surface area contributed by atoms with Gasteiger partial charge >= 0.3 is 0 Å². The molecule has 1 N–H and O–H groups in total. The van der Waals surface area contributed by atoms with Crippen LogP contribution in [0, 0.1) is 0 Å². The number of benzene rings is 2. The van der Waals surface area contributed by atoms with Gasteiger partial charge in [-0.1, -0.05) is 28.1 Å². The second-order valence-electron chi connectivity index (χ2n) is 5.20. The molecule has 5 heteroatoms. The highest BCUT2D eigenvalue weighted by atomic mass is 79.9. The molecule has 0 heterocycles. The van der Waals surface area contributed by atoms with Gasteiger partial charge in [-0.15, -0.1) is 0 Å². The first-order chi connectivity index (χ1) is 11.0. The van der Waals surface area contributed by atoms with Gasteiger partial charge in [0.05, 0.1) is 26.7 Å². The fraction of sp³-hybridized carbons (Fsp3) is 0.278. The predicted molar refractivity (Wildman–Crippen MR) is 93.9 cm³/mol. The third-order valence-corrected chi connectivity index (χ3v) is 4.09. The molecule has 0 aromatic heterocycles. The van der Waals surface area contributed by atoms with E-state index in [0.29, 0.717) is 6.42 Å². The lowest BCUT2D eigenvalue weighted by Gasteiger charge is -2.18. The molecule has 0 radical (unpaired) electrons. The lowest BCUT2D eigenvalue weighted by molar-refractivity contribution is -0.121. The first-order valence-electron chi connectivity index (χ1n) is 7.29. The van der Waals surface area contributed by atoms with Crippen LogP contribution in [0.1, 0.15) is 24.1 Å². The Balaban J connectivity index is 2.07. The molecule has 0 bridgehead atoms. The highest BCUT2D eigenvalue weighted by Crippen LogP contribution is 2.29. The first kappa shape index (κ1) is 17.3. The van der Waals surface area contributed by atoms with Crippen LogP contribution in [0.5, 0.6) is 11.5 Å². The summed E-state index contributed by atoms with van der Waals surface area (Å²) in [6.07, 6.45) is 0.337. The van der Waals surface area contributed by atoms with Gasteiger partial charge < -0.3 is 14.8 Å². The minimum atomic E-state index is -0.178. The van der Waals surface area contributed by atoms with Crippen LogP contribution in [-0.2, 0) is 11.2 Å². The topological polar surface area (TPSA) is 47.6 Å². The highest BCUT2D eigenvalue weighted by molar-refractivity contribution is 9.10. The van der Waals surface area contributed by atoms with E-state index in [0.717, 1.165) is 27.1 Å². The summed E-state index contributed by atoms with van der Waals surface area (Å²) >= 11 is 3.39. The number of ether oxygens (including phenoxy) is 2. The normalized spacial score (nSPS) is 11.7. The Morgan fingerprint density at radius 1 is 1.13 bits per heavy atom. The van der Waals surface area contributed by atoms with Crippen LogP contribution in [0.25, 0.3) is 0 Å². The van der Waals surface area contributed by atoms with E-state index in [1.807, 2.05) is 49.4 Å². The van der Waals surface area contributed by atoms with Gasteiger partial charge in [0, 0.05) is 10.0 Å². The fourth-order valence-corrected chi connectivity index (χ4v) is 2.60. The largest absolute Gasteiger partial charge is 0.497 e. The average Bonchev–Trinajstić information content (AvgIpc) is 2.56. The van der Waals surface area contributed by atoms with Gasteiger partial charge in [-0.3, -0.25) is 4.79 Å². The van der Waals surface area contributed by atoms with Gasteiger partial charge in [-0.25, -0.2) is 0 Å². The number of hydrogen-bond acceptors (Lipinski definition) is 3. The van der Waals surface area contributed by atoms with E-state index in [1.165, 1.54) is 0 Å². The standard InChI is InChI=1S/C18H20BrNO3/c1-12(16-11-15(22-2)8-9-17(16)23-3)20-18(21)10-13-4-6-14(19)7-5-13/h4-9,11-12H,10H2,1-3H3,(H,20,21)/t12-/m1/s1. The number of amides is 1. The van der Waals surface area contributed by atoms with E-state index in [9.17, 15) is 4.79 Å². The van der Waals surface area contributed by atoms with Crippen molar-refractivity contribution in [1.82, 2.24) is 5.32 Å². The van der Waals surface area contributed by atoms with Crippen molar-refractivity contribution >= 4 is 21.8 Å². The SMILES string of the molecule is COc1ccc(OC)c([C@@H](C)NC(=O)Cc2ccc(Br)cc2)c1. The molecule has 2 rings (SSSR count). The van der Waals surface area contributed by atoms with Crippen molar-refractivity contribution in [3.63, 3.8) is 0 Å². The third kappa shape index (κ3) is 4.73. The minimum absolute atomic E-state index is 0.0373. The zero-order chi connectivity index (χ0) is 16.8. The van der Waals surface area contributed by atoms with E-state index in [2.05, 4.69) is 21.2 Å². The zero-order valence-corrected chi connectivity index (χ0v) is 15.0. The summed E-state index contributed by atoms with van der Waals surface area (Å²) in [4.78, 5) is 12.2. The molecule has 0 spiro atoms. The summed E-state index contributed by atoms with van der Waals surface area (Å²) in [5.41, 5.74) is 1.85. The molecule has 0 saturated carbocycles. The second-order valence-corrected chi connectivity index (χ2v) is 6.12. The molecule has 122 valence electrons. The number of hydrogen-bond donors (Lipinski definition) is 1. The summed E-state index contributed by atoms with van der Waals surface area (Å²) in [6, 6.07) is 13.1. The number of carbonyl (C=O) groups is 1. The summed E-state index contributed by atoms with van der Waals surface area (Å²) in [5, 5.41) is 3.00. The molecule has 0 saturated heterocycles. The molecule has 0 aliphatic rings. The van der Waals surface area contributed by atoms with Gasteiger partial charge in [0.25, 0.3) is 0 Å². The van der Waals surface area contributed by atoms with Crippen molar-refractivity contribution in [3.8, 4) is 11.5 Å². The fourth-order valence-electron chi connectivity index (χ4n) is 2.34. The van der Waals surface area contributed by atoms with Gasteiger partial charge in [0.2, 0.25) is 5.91 Å². The second kappa shape index (κ2) is 8.02. The molecular formula is C18H20BrNO3. The van der Waals surface area contributed by atoms with E-state index in [1.54, 1.807) is 14.2 Å². The van der Waals surface area contributed by atoms with Crippen molar-refractivity contribution in [1.29, 1.82) is 0 Å². The molecule has 2 aromatic carbocycles. The molecular weight excluding hydrogens is 358 g/mol. The quantitative estimate of drug-likeness (QED) is 0.830. The summed E-state index contributed by atoms with van der Waals surface area (Å²) in [7, 11) is 3.23. The third-order valence-electron chi connectivity index (χ3n) is 3.56. The Bertz CT molecular complexity index is 670. The lowest BCUT2D eigenvalue weighted by Crippen LogP contribution is -2.28. The smallest absolute Gasteiger partial charge is 0.224 e. The van der Waals surface area contributed by atoms with Gasteiger partial charge in [-0.05, 0) is 42.8 Å². The van der Waals surface area contributed by atoms with Crippen LogP contribution < -0.4 is 14.8 Å². The Morgan fingerprint density at radius 2 is 1.83 bits per heavy atom. The van der Waals surface area contributed by atoms with Crippen LogP contribution in [0.3, 0.4) is 0 Å². The maximum atomic E-state index is 12.2. The zero-order valence-electron chi connectivity index (χ0n) is 13.4. The molecule has 0 aliphatic carbocycles. The van der Waals surface area contributed by atoms with Crippen molar-refractivity contribution < 1.29 is 14.3 Å². The molecule has 1 atom stereocenters. The van der Waals surface area contributed by atoms with Crippen LogP contribution in [0.15, 0.2) is 46.9 Å². The Kier molecular flexibility index (Phi) is 6.04. The number of methoxy groups -OCH3 is 2. The van der Waals surface area contributed by atoms with Crippen LogP contribution in [0.4, 0.5) is 0 Å². The molecule has 0 unspecified atom stereocenters. The highest BCUT2D eigenvalue weighted by Gasteiger charge is 2.15. The summed E-state index contributed by atoms with van der Waals surface area (Å²) in [6.45, 7) is 1.93. The maximum absolute atomic E-state index is 12.2. The Labute approximate surface area is 144 Å². The lowest BCUT2D eigenvalue weighted by atomic mass is 10.1. The van der Waals surface area contributed by atoms with Crippen molar-refractivity contribution in [2.45, 2.75) is 19.4 Å². The summed E-state index contributed by atoms with van der Waals surface area (Å²) in [5.74, 6) is 1.42. The molecule has 0 fully saturated rings.